The zero-order valence-electron chi connectivity index (χ0n) is 11.3. The van der Waals surface area contributed by atoms with Gasteiger partial charge in [0.25, 0.3) is 11.6 Å². The molecule has 22 heavy (non-hydrogen) atoms. The Morgan fingerprint density at radius 2 is 1.82 bits per heavy atom. The van der Waals surface area contributed by atoms with Crippen LogP contribution in [-0.4, -0.2) is 17.6 Å². The van der Waals surface area contributed by atoms with Crippen LogP contribution in [0.15, 0.2) is 42.5 Å². The molecule has 2 N–H and O–H groups in total. The van der Waals surface area contributed by atoms with Crippen molar-refractivity contribution in [1.29, 1.82) is 0 Å². The van der Waals surface area contributed by atoms with Crippen molar-refractivity contribution >= 4 is 17.3 Å². The van der Waals surface area contributed by atoms with Crippen molar-refractivity contribution in [2.45, 2.75) is 0 Å². The minimum absolute atomic E-state index is 0.0762. The van der Waals surface area contributed by atoms with Crippen molar-refractivity contribution < 1.29 is 19.2 Å². The molecule has 0 fully saturated rings. The summed E-state index contributed by atoms with van der Waals surface area (Å²) in [6, 6.07) is 10.1. The molecule has 0 bridgehead atoms. The fourth-order valence-corrected chi connectivity index (χ4v) is 2.02. The molecule has 0 unspecified atom stereocenters. The highest BCUT2D eigenvalue weighted by molar-refractivity contribution is 6.05. The van der Waals surface area contributed by atoms with Gasteiger partial charge in [-0.2, -0.15) is 0 Å². The smallest absolute Gasteiger partial charge is 0.272 e. The lowest BCUT2D eigenvalue weighted by molar-refractivity contribution is -0.384. The van der Waals surface area contributed by atoms with E-state index in [4.69, 9.17) is 15.3 Å². The number of nitro groups is 1. The van der Waals surface area contributed by atoms with Crippen LogP contribution in [0.4, 0.5) is 11.4 Å². The number of hydrogen-bond acceptors (Lipinski definition) is 6. The molecule has 1 aliphatic heterocycles. The number of nitrogens with zero attached hydrogens (tertiary/aromatic N) is 2. The van der Waals surface area contributed by atoms with Crippen LogP contribution in [0.2, 0.25) is 0 Å². The van der Waals surface area contributed by atoms with Gasteiger partial charge in [-0.05, 0) is 30.3 Å². The minimum atomic E-state index is -0.524. The van der Waals surface area contributed by atoms with Gasteiger partial charge >= 0.3 is 0 Å². The number of nitrogens with two attached hydrogens (primary N) is 1. The van der Waals surface area contributed by atoms with E-state index in [9.17, 15) is 14.9 Å². The molecule has 1 heterocycles. The second-order valence-corrected chi connectivity index (χ2v) is 4.52. The monoisotopic (exact) mass is 301 g/mol. The SMILES string of the molecule is NN(C(=O)c1ccc2c(c1)OCO2)c1ccc([N+](=O)[O-])cc1. The van der Waals surface area contributed by atoms with Crippen molar-refractivity contribution in [3.63, 3.8) is 0 Å². The average molecular weight is 301 g/mol. The maximum absolute atomic E-state index is 12.3. The van der Waals surface area contributed by atoms with Crippen LogP contribution in [0.25, 0.3) is 0 Å². The normalized spacial score (nSPS) is 12.0. The molecule has 0 radical (unpaired) electrons. The van der Waals surface area contributed by atoms with Gasteiger partial charge in [-0.1, -0.05) is 0 Å². The average Bonchev–Trinajstić information content (AvgIpc) is 3.01. The molecular formula is C14H11N3O5. The number of benzene rings is 2. The zero-order valence-corrected chi connectivity index (χ0v) is 11.3. The third-order valence-corrected chi connectivity index (χ3v) is 3.18. The quantitative estimate of drug-likeness (QED) is 0.401. The standard InChI is InChI=1S/C14H11N3O5/c15-16(10-2-4-11(5-3-10)17(19)20)14(18)9-1-6-12-13(7-9)22-8-21-12/h1-7H,8,15H2. The van der Waals surface area contributed by atoms with Crippen LogP contribution in [0.3, 0.4) is 0 Å². The summed E-state index contributed by atoms with van der Waals surface area (Å²) < 4.78 is 10.4. The fourth-order valence-electron chi connectivity index (χ4n) is 2.02. The molecule has 0 aliphatic carbocycles. The molecule has 0 saturated heterocycles. The van der Waals surface area contributed by atoms with Gasteiger partial charge in [-0.3, -0.25) is 14.9 Å². The van der Waals surface area contributed by atoms with Gasteiger partial charge in [0.15, 0.2) is 11.5 Å². The number of fused-ring (bicyclic) bond motifs is 1. The van der Waals surface area contributed by atoms with Crippen molar-refractivity contribution in [3.8, 4) is 11.5 Å². The Balaban J connectivity index is 1.83. The maximum Gasteiger partial charge on any atom is 0.272 e. The van der Waals surface area contributed by atoms with Gasteiger partial charge in [-0.25, -0.2) is 10.9 Å². The van der Waals surface area contributed by atoms with Crippen LogP contribution >= 0.6 is 0 Å². The highest BCUT2D eigenvalue weighted by Gasteiger charge is 2.20. The third kappa shape index (κ3) is 2.42. The van der Waals surface area contributed by atoms with Crippen LogP contribution in [0.5, 0.6) is 11.5 Å². The highest BCUT2D eigenvalue weighted by Crippen LogP contribution is 2.33. The summed E-state index contributed by atoms with van der Waals surface area (Å²) in [7, 11) is 0. The molecule has 2 aromatic rings. The molecule has 1 amide bonds. The lowest BCUT2D eigenvalue weighted by atomic mass is 10.1. The van der Waals surface area contributed by atoms with E-state index in [1.54, 1.807) is 12.1 Å². The number of amides is 1. The van der Waals surface area contributed by atoms with Crippen molar-refractivity contribution in [2.24, 2.45) is 5.84 Å². The first-order valence-electron chi connectivity index (χ1n) is 6.29. The molecule has 0 spiro atoms. The molecule has 2 aromatic carbocycles. The number of ether oxygens (including phenoxy) is 2. The predicted octanol–water partition coefficient (Wildman–Crippen LogP) is 1.84. The van der Waals surface area contributed by atoms with E-state index in [2.05, 4.69) is 0 Å². The maximum atomic E-state index is 12.3. The molecule has 1 aliphatic rings. The minimum Gasteiger partial charge on any atom is -0.454 e. The van der Waals surface area contributed by atoms with E-state index < -0.39 is 10.8 Å². The summed E-state index contributed by atoms with van der Waals surface area (Å²) in [6.45, 7) is 0.113. The first-order valence-corrected chi connectivity index (χ1v) is 6.29. The topological polar surface area (TPSA) is 108 Å². The van der Waals surface area contributed by atoms with Gasteiger partial charge in [-0.15, -0.1) is 0 Å². The van der Waals surface area contributed by atoms with E-state index in [1.807, 2.05) is 0 Å². The predicted molar refractivity (Wildman–Crippen MR) is 76.7 cm³/mol. The van der Waals surface area contributed by atoms with E-state index >= 15 is 0 Å². The first-order chi connectivity index (χ1) is 10.6. The molecule has 112 valence electrons. The molecule has 0 saturated carbocycles. The summed E-state index contributed by atoms with van der Waals surface area (Å²) in [5.74, 6) is 6.36. The van der Waals surface area contributed by atoms with Gasteiger partial charge in [0.05, 0.1) is 10.6 Å². The Hall–Kier alpha value is -3.13. The highest BCUT2D eigenvalue weighted by atomic mass is 16.7. The summed E-state index contributed by atoms with van der Waals surface area (Å²) >= 11 is 0. The van der Waals surface area contributed by atoms with Crippen LogP contribution in [0.1, 0.15) is 10.4 Å². The molecule has 8 heteroatoms. The second-order valence-electron chi connectivity index (χ2n) is 4.52. The molecular weight excluding hydrogens is 290 g/mol. The van der Waals surface area contributed by atoms with E-state index in [0.717, 1.165) is 5.01 Å². The lowest BCUT2D eigenvalue weighted by Gasteiger charge is -2.16. The van der Waals surface area contributed by atoms with Gasteiger partial charge in [0.2, 0.25) is 6.79 Å². The second kappa shape index (κ2) is 5.34. The molecule has 8 nitrogen and oxygen atoms in total. The number of anilines is 1. The van der Waals surface area contributed by atoms with Crippen molar-refractivity contribution in [2.75, 3.05) is 11.8 Å². The lowest BCUT2D eigenvalue weighted by Crippen LogP contribution is -2.37. The molecule has 3 rings (SSSR count). The first kappa shape index (κ1) is 13.8. The number of hydrogen-bond donors (Lipinski definition) is 1. The van der Waals surface area contributed by atoms with Gasteiger partial charge in [0.1, 0.15) is 0 Å². The Kier molecular flexibility index (Phi) is 3.36. The fraction of sp³-hybridized carbons (Fsp3) is 0.0714. The summed E-state index contributed by atoms with van der Waals surface area (Å²) in [6.07, 6.45) is 0. The summed E-state index contributed by atoms with van der Waals surface area (Å²) in [4.78, 5) is 22.4. The Bertz CT molecular complexity index is 745. The number of rotatable bonds is 3. The van der Waals surface area contributed by atoms with Gasteiger partial charge < -0.3 is 9.47 Å². The number of carbonyl (C=O) groups excluding carboxylic acids is 1. The van der Waals surface area contributed by atoms with Crippen LogP contribution in [-0.2, 0) is 0 Å². The summed E-state index contributed by atoms with van der Waals surface area (Å²) in [5.41, 5.74) is 0.589. The number of non-ortho nitro benzene ring substituents is 1. The Morgan fingerprint density at radius 1 is 1.14 bits per heavy atom. The Morgan fingerprint density at radius 3 is 2.50 bits per heavy atom. The van der Waals surface area contributed by atoms with Gasteiger partial charge in [0, 0.05) is 17.7 Å². The number of carbonyl (C=O) groups is 1. The Labute approximate surface area is 124 Å². The number of hydrazine groups is 1. The van der Waals surface area contributed by atoms with Crippen molar-refractivity contribution in [3.05, 3.63) is 58.1 Å². The van der Waals surface area contributed by atoms with Crippen LogP contribution in [0, 0.1) is 10.1 Å². The van der Waals surface area contributed by atoms with Crippen LogP contribution < -0.4 is 20.3 Å². The van der Waals surface area contributed by atoms with E-state index in [-0.39, 0.29) is 12.5 Å². The molecule has 0 atom stereocenters. The van der Waals surface area contributed by atoms with E-state index in [1.165, 1.54) is 30.3 Å². The largest absolute Gasteiger partial charge is 0.454 e. The van der Waals surface area contributed by atoms with E-state index in [0.29, 0.717) is 22.7 Å². The number of nitro benzene ring substituents is 1. The summed E-state index contributed by atoms with van der Waals surface area (Å²) in [5, 5.41) is 11.5. The zero-order chi connectivity index (χ0) is 15.7. The van der Waals surface area contributed by atoms with Crippen molar-refractivity contribution in [1.82, 2.24) is 0 Å². The third-order valence-electron chi connectivity index (χ3n) is 3.18. The molecule has 0 aromatic heterocycles.